The summed E-state index contributed by atoms with van der Waals surface area (Å²) in [6.45, 7) is 2.17. The SMILES string of the molecule is CCCCCC=N.[Br][Rh]([Br])[Br]. The van der Waals surface area contributed by atoms with Crippen molar-refractivity contribution in [3.63, 3.8) is 0 Å². The molecule has 0 aromatic rings. The second kappa shape index (κ2) is 14.3. The summed E-state index contributed by atoms with van der Waals surface area (Å²) in [5, 5.41) is 6.66. The van der Waals surface area contributed by atoms with Crippen molar-refractivity contribution < 1.29 is 10.1 Å². The molecule has 0 unspecified atom stereocenters. The molecule has 0 aliphatic heterocycles. The van der Waals surface area contributed by atoms with E-state index >= 15 is 0 Å². The quantitative estimate of drug-likeness (QED) is 0.370. The Morgan fingerprint density at radius 1 is 1.27 bits per heavy atom. The van der Waals surface area contributed by atoms with Crippen LogP contribution in [0.1, 0.15) is 32.6 Å². The Morgan fingerprint density at radius 2 is 1.73 bits per heavy atom. The van der Waals surface area contributed by atoms with E-state index in [1.165, 1.54) is 25.5 Å². The molecule has 0 bridgehead atoms. The Kier molecular flexibility index (Phi) is 19.7. The van der Waals surface area contributed by atoms with Crippen molar-refractivity contribution in [2.75, 3.05) is 0 Å². The Hall–Kier alpha value is 1.73. The monoisotopic (exact) mass is 439 g/mol. The molecule has 0 radical (unpaired) electrons. The van der Waals surface area contributed by atoms with E-state index in [1.54, 1.807) is 0 Å². The van der Waals surface area contributed by atoms with Gasteiger partial charge in [-0.05, 0) is 19.1 Å². The molecule has 0 aliphatic carbocycles. The van der Waals surface area contributed by atoms with E-state index in [9.17, 15) is 0 Å². The van der Waals surface area contributed by atoms with Crippen molar-refractivity contribution in [2.45, 2.75) is 32.6 Å². The summed E-state index contributed by atoms with van der Waals surface area (Å²) in [6.07, 6.45) is 6.17. The number of rotatable bonds is 4. The molecule has 0 saturated carbocycles. The van der Waals surface area contributed by atoms with Crippen LogP contribution in [0.4, 0.5) is 0 Å². The van der Waals surface area contributed by atoms with Crippen LogP contribution in [-0.4, -0.2) is 6.21 Å². The molecule has 0 atom stereocenters. The van der Waals surface area contributed by atoms with Gasteiger partial charge in [-0.25, -0.2) is 0 Å². The van der Waals surface area contributed by atoms with Crippen molar-refractivity contribution in [3.8, 4) is 0 Å². The van der Waals surface area contributed by atoms with Crippen LogP contribution in [0.15, 0.2) is 0 Å². The normalized spacial score (nSPS) is 9.64. The van der Waals surface area contributed by atoms with Gasteiger partial charge in [-0.2, -0.15) is 0 Å². The van der Waals surface area contributed by atoms with Gasteiger partial charge in [0, 0.05) is 0 Å². The zero-order valence-corrected chi connectivity index (χ0v) is 12.8. The summed E-state index contributed by atoms with van der Waals surface area (Å²) in [6, 6.07) is 0. The third-order valence-electron chi connectivity index (χ3n) is 0.952. The van der Waals surface area contributed by atoms with Gasteiger partial charge in [0.1, 0.15) is 0 Å². The molecule has 0 aromatic heterocycles. The molecule has 0 amide bonds. The first-order valence-corrected chi connectivity index (χ1v) is 14.5. The first-order valence-electron chi connectivity index (χ1n) is 3.28. The predicted molar refractivity (Wildman–Crippen MR) is 59.7 cm³/mol. The zero-order chi connectivity index (χ0) is 9.11. The third kappa shape index (κ3) is 33.8. The van der Waals surface area contributed by atoms with Crippen LogP contribution in [0.3, 0.4) is 0 Å². The Morgan fingerprint density at radius 3 is 2.00 bits per heavy atom. The molecule has 11 heavy (non-hydrogen) atoms. The fourth-order valence-electron chi connectivity index (χ4n) is 0.496. The second-order valence-electron chi connectivity index (χ2n) is 1.84. The van der Waals surface area contributed by atoms with Gasteiger partial charge in [0.25, 0.3) is 0 Å². The van der Waals surface area contributed by atoms with Crippen molar-refractivity contribution in [3.05, 3.63) is 0 Å². The van der Waals surface area contributed by atoms with Crippen LogP contribution in [0.5, 0.6) is 0 Å². The number of nitrogens with one attached hydrogen (secondary N) is 1. The second-order valence-corrected chi connectivity index (χ2v) is 24.5. The summed E-state index contributed by atoms with van der Waals surface area (Å²) < 4.78 is 0. The average molecular weight is 442 g/mol. The molecule has 0 rings (SSSR count). The number of unbranched alkanes of at least 4 members (excludes halogenated alkanes) is 3. The van der Waals surface area contributed by atoms with E-state index in [0.29, 0.717) is 0 Å². The number of hydrogen-bond donors (Lipinski definition) is 1. The van der Waals surface area contributed by atoms with Crippen LogP contribution in [0.2, 0.25) is 0 Å². The molecule has 1 N–H and O–H groups in total. The van der Waals surface area contributed by atoms with Gasteiger partial charge in [-0.3, -0.25) is 0 Å². The summed E-state index contributed by atoms with van der Waals surface area (Å²) in [7, 11) is -0.639. The minimum absolute atomic E-state index is 0.639. The van der Waals surface area contributed by atoms with Crippen LogP contribution >= 0.6 is 40.9 Å². The fraction of sp³-hybridized carbons (Fsp3) is 0.833. The van der Waals surface area contributed by atoms with Crippen LogP contribution in [0, 0.1) is 5.41 Å². The van der Waals surface area contributed by atoms with E-state index in [4.69, 9.17) is 5.41 Å². The first-order chi connectivity index (χ1) is 5.15. The molecule has 0 saturated heterocycles. The van der Waals surface area contributed by atoms with Gasteiger partial charge in [0.05, 0.1) is 0 Å². The Bertz CT molecular complexity index is 77.5. The molecule has 0 fully saturated rings. The van der Waals surface area contributed by atoms with E-state index in [0.717, 1.165) is 6.42 Å². The Labute approximate surface area is 94.2 Å². The third-order valence-corrected chi connectivity index (χ3v) is 0.952. The molecule has 1 nitrogen and oxygen atoms in total. The minimum atomic E-state index is -0.639. The zero-order valence-electron chi connectivity index (χ0n) is 6.37. The van der Waals surface area contributed by atoms with Crippen molar-refractivity contribution >= 4 is 47.1 Å². The Balaban J connectivity index is 0. The predicted octanol–water partition coefficient (Wildman–Crippen LogP) is 4.75. The average Bonchev–Trinajstić information content (AvgIpc) is 1.88. The molecule has 0 aliphatic rings. The molecule has 0 heterocycles. The fourth-order valence-corrected chi connectivity index (χ4v) is 0.496. The van der Waals surface area contributed by atoms with Crippen molar-refractivity contribution in [2.24, 2.45) is 0 Å². The van der Waals surface area contributed by atoms with Crippen LogP contribution < -0.4 is 0 Å². The van der Waals surface area contributed by atoms with Crippen LogP contribution in [-0.2, 0) is 10.1 Å². The summed E-state index contributed by atoms with van der Waals surface area (Å²) in [5.41, 5.74) is 0. The summed E-state index contributed by atoms with van der Waals surface area (Å²) >= 11 is 9.70. The molecular weight excluding hydrogens is 429 g/mol. The molecule has 5 heteroatoms. The standard InChI is InChI=1S/C6H13N.3BrH.Rh/c1-2-3-4-5-6-7;;;;/h6-7H,2-5H2,1H3;3*1H;/q;;;;+3/p-3. The maximum absolute atomic E-state index is 6.66. The summed E-state index contributed by atoms with van der Waals surface area (Å²) in [5.74, 6) is 0. The molecule has 0 spiro atoms. The van der Waals surface area contributed by atoms with E-state index in [1.807, 2.05) is 0 Å². The van der Waals surface area contributed by atoms with Gasteiger partial charge in [-0.1, -0.05) is 19.8 Å². The van der Waals surface area contributed by atoms with Crippen LogP contribution in [0.25, 0.3) is 0 Å². The van der Waals surface area contributed by atoms with Gasteiger partial charge in [0.15, 0.2) is 0 Å². The van der Waals surface area contributed by atoms with E-state index < -0.39 is 10.1 Å². The molecular formula is C6H13Br3NRh. The van der Waals surface area contributed by atoms with Gasteiger partial charge >= 0.3 is 50.9 Å². The number of halogens is 3. The van der Waals surface area contributed by atoms with Crippen molar-refractivity contribution in [1.82, 2.24) is 0 Å². The summed E-state index contributed by atoms with van der Waals surface area (Å²) in [4.78, 5) is 0. The van der Waals surface area contributed by atoms with Gasteiger partial charge < -0.3 is 5.41 Å². The van der Waals surface area contributed by atoms with E-state index in [-0.39, 0.29) is 0 Å². The first kappa shape index (κ1) is 15.2. The van der Waals surface area contributed by atoms with Gasteiger partial charge in [0.2, 0.25) is 0 Å². The molecule has 72 valence electrons. The van der Waals surface area contributed by atoms with Gasteiger partial charge in [-0.15, -0.1) is 0 Å². The topological polar surface area (TPSA) is 23.9 Å². The van der Waals surface area contributed by atoms with Crippen molar-refractivity contribution in [1.29, 1.82) is 5.41 Å². The molecule has 0 aromatic carbocycles. The maximum atomic E-state index is 6.66. The number of hydrogen-bond acceptors (Lipinski definition) is 1. The van der Waals surface area contributed by atoms with E-state index in [2.05, 4.69) is 47.8 Å².